The number of nitrogens with one attached hydrogen (secondary N) is 1. The standard InChI is InChI=1S/C33H33N3O7/c37-30(34-27-15-6-7-16-29(27)42-20-22-9-2-1-3-10-22)19-36-31(18-28(35-36)33(40)41)43-21-25-11-4-5-14-26(25)23-12-8-13-24(17-23)32(38)39/h1-5,8-14,17-18,27,29H,6-7,15-16,19-21H2,(H,34,37)(H,38,39)(H,40,41). The number of hydrogen-bond acceptors (Lipinski definition) is 6. The van der Waals surface area contributed by atoms with E-state index in [1.807, 2.05) is 60.7 Å². The number of ether oxygens (including phenoxy) is 2. The Hall–Kier alpha value is -4.96. The molecule has 1 amide bonds. The fourth-order valence-corrected chi connectivity index (χ4v) is 5.26. The highest BCUT2D eigenvalue weighted by Gasteiger charge is 2.28. The van der Waals surface area contributed by atoms with Crippen LogP contribution < -0.4 is 10.1 Å². The van der Waals surface area contributed by atoms with Crippen LogP contribution in [-0.4, -0.2) is 50.0 Å². The zero-order chi connectivity index (χ0) is 30.2. The average molecular weight is 584 g/mol. The molecular formula is C33H33N3O7. The molecule has 0 spiro atoms. The first-order chi connectivity index (χ1) is 20.9. The third-order valence-corrected chi connectivity index (χ3v) is 7.42. The minimum atomic E-state index is -1.24. The molecule has 1 aliphatic carbocycles. The Balaban J connectivity index is 1.27. The van der Waals surface area contributed by atoms with Gasteiger partial charge in [0.2, 0.25) is 11.8 Å². The van der Waals surface area contributed by atoms with E-state index >= 15 is 0 Å². The molecule has 4 aromatic rings. The van der Waals surface area contributed by atoms with Gasteiger partial charge in [0.1, 0.15) is 13.2 Å². The van der Waals surface area contributed by atoms with E-state index in [0.29, 0.717) is 12.2 Å². The molecule has 1 heterocycles. The highest BCUT2D eigenvalue weighted by molar-refractivity contribution is 5.89. The van der Waals surface area contributed by atoms with E-state index in [0.717, 1.165) is 42.4 Å². The van der Waals surface area contributed by atoms with Crippen molar-refractivity contribution in [2.45, 2.75) is 57.6 Å². The number of rotatable bonds is 12. The minimum Gasteiger partial charge on any atom is -0.478 e. The molecule has 0 aliphatic heterocycles. The van der Waals surface area contributed by atoms with E-state index in [1.165, 1.54) is 16.8 Å². The number of carbonyl (C=O) groups is 3. The monoisotopic (exact) mass is 583 g/mol. The fourth-order valence-electron chi connectivity index (χ4n) is 5.26. The van der Waals surface area contributed by atoms with Crippen LogP contribution in [0.25, 0.3) is 11.1 Å². The van der Waals surface area contributed by atoms with Gasteiger partial charge >= 0.3 is 11.9 Å². The number of carboxylic acids is 2. The van der Waals surface area contributed by atoms with Gasteiger partial charge in [-0.2, -0.15) is 5.10 Å². The average Bonchev–Trinajstić information content (AvgIpc) is 3.43. The first-order valence-electron chi connectivity index (χ1n) is 14.2. The van der Waals surface area contributed by atoms with Crippen molar-refractivity contribution in [2.75, 3.05) is 0 Å². The molecule has 0 bridgehead atoms. The van der Waals surface area contributed by atoms with Crippen molar-refractivity contribution in [2.24, 2.45) is 0 Å². The van der Waals surface area contributed by atoms with Crippen LogP contribution in [0.4, 0.5) is 0 Å². The molecule has 222 valence electrons. The molecule has 1 aliphatic rings. The summed E-state index contributed by atoms with van der Waals surface area (Å²) in [4.78, 5) is 36.3. The number of aromatic nitrogens is 2. The molecular weight excluding hydrogens is 550 g/mol. The topological polar surface area (TPSA) is 140 Å². The second kappa shape index (κ2) is 13.8. The van der Waals surface area contributed by atoms with Gasteiger partial charge in [-0.15, -0.1) is 0 Å². The Morgan fingerprint density at radius 1 is 0.860 bits per heavy atom. The molecule has 10 heteroatoms. The smallest absolute Gasteiger partial charge is 0.356 e. The molecule has 0 saturated heterocycles. The Kier molecular flexibility index (Phi) is 9.48. The maximum absolute atomic E-state index is 13.2. The molecule has 3 aromatic carbocycles. The van der Waals surface area contributed by atoms with Crippen LogP contribution in [0, 0.1) is 0 Å². The number of nitrogens with zero attached hydrogens (tertiary/aromatic N) is 2. The summed E-state index contributed by atoms with van der Waals surface area (Å²) in [5.74, 6) is -2.46. The van der Waals surface area contributed by atoms with E-state index in [2.05, 4.69) is 10.4 Å². The molecule has 10 nitrogen and oxygen atoms in total. The summed E-state index contributed by atoms with van der Waals surface area (Å²) in [6.45, 7) is 0.268. The number of aromatic carboxylic acids is 2. The lowest BCUT2D eigenvalue weighted by atomic mass is 9.92. The van der Waals surface area contributed by atoms with Crippen LogP contribution in [0.15, 0.2) is 84.9 Å². The molecule has 1 fully saturated rings. The lowest BCUT2D eigenvalue weighted by Gasteiger charge is -2.32. The molecule has 0 radical (unpaired) electrons. The van der Waals surface area contributed by atoms with Gasteiger partial charge in [-0.1, -0.05) is 79.6 Å². The Morgan fingerprint density at radius 3 is 2.42 bits per heavy atom. The lowest BCUT2D eigenvalue weighted by Crippen LogP contribution is -2.47. The maximum atomic E-state index is 13.2. The van der Waals surface area contributed by atoms with Crippen molar-refractivity contribution < 1.29 is 34.1 Å². The minimum absolute atomic E-state index is 0.0396. The Bertz CT molecular complexity index is 1580. The molecule has 1 saturated carbocycles. The Morgan fingerprint density at radius 2 is 1.63 bits per heavy atom. The van der Waals surface area contributed by atoms with Gasteiger partial charge in [-0.25, -0.2) is 14.3 Å². The van der Waals surface area contributed by atoms with Crippen LogP contribution in [0.2, 0.25) is 0 Å². The summed E-state index contributed by atoms with van der Waals surface area (Å²) >= 11 is 0. The molecule has 43 heavy (non-hydrogen) atoms. The van der Waals surface area contributed by atoms with E-state index in [1.54, 1.807) is 12.1 Å². The molecule has 2 unspecified atom stereocenters. The van der Waals surface area contributed by atoms with Gasteiger partial charge in [0, 0.05) is 6.07 Å². The maximum Gasteiger partial charge on any atom is 0.356 e. The van der Waals surface area contributed by atoms with Gasteiger partial charge in [0.25, 0.3) is 0 Å². The Labute approximate surface area is 248 Å². The van der Waals surface area contributed by atoms with Crippen molar-refractivity contribution in [1.82, 2.24) is 15.1 Å². The van der Waals surface area contributed by atoms with Gasteiger partial charge in [0.05, 0.1) is 24.3 Å². The zero-order valence-corrected chi connectivity index (χ0v) is 23.5. The number of amides is 1. The van der Waals surface area contributed by atoms with E-state index in [4.69, 9.17) is 9.47 Å². The van der Waals surface area contributed by atoms with E-state index < -0.39 is 11.9 Å². The quantitative estimate of drug-likeness (QED) is 0.208. The molecule has 1 aromatic heterocycles. The lowest BCUT2D eigenvalue weighted by molar-refractivity contribution is -0.124. The van der Waals surface area contributed by atoms with Crippen LogP contribution in [0.3, 0.4) is 0 Å². The highest BCUT2D eigenvalue weighted by atomic mass is 16.5. The zero-order valence-electron chi connectivity index (χ0n) is 23.5. The fraction of sp³-hybridized carbons (Fsp3) is 0.273. The van der Waals surface area contributed by atoms with Crippen LogP contribution in [0.5, 0.6) is 5.88 Å². The second-order valence-corrected chi connectivity index (χ2v) is 10.5. The van der Waals surface area contributed by atoms with Crippen molar-refractivity contribution in [3.8, 4) is 17.0 Å². The molecule has 2 atom stereocenters. The summed E-state index contributed by atoms with van der Waals surface area (Å²) < 4.78 is 13.4. The second-order valence-electron chi connectivity index (χ2n) is 10.5. The summed E-state index contributed by atoms with van der Waals surface area (Å²) in [7, 11) is 0. The van der Waals surface area contributed by atoms with Crippen molar-refractivity contribution in [3.63, 3.8) is 0 Å². The number of carboxylic acid groups (broad SMARTS) is 2. The number of hydrogen-bond donors (Lipinski definition) is 3. The van der Waals surface area contributed by atoms with E-state index in [9.17, 15) is 24.6 Å². The third kappa shape index (κ3) is 7.66. The first kappa shape index (κ1) is 29.5. The predicted octanol–water partition coefficient (Wildman–Crippen LogP) is 5.17. The molecule has 5 rings (SSSR count). The van der Waals surface area contributed by atoms with Crippen LogP contribution in [-0.2, 0) is 29.3 Å². The summed E-state index contributed by atoms with van der Waals surface area (Å²) in [6.07, 6.45) is 3.49. The highest BCUT2D eigenvalue weighted by Crippen LogP contribution is 2.27. The number of benzene rings is 3. The third-order valence-electron chi connectivity index (χ3n) is 7.42. The van der Waals surface area contributed by atoms with Crippen LogP contribution in [0.1, 0.15) is 57.7 Å². The molecule has 3 N–H and O–H groups in total. The summed E-state index contributed by atoms with van der Waals surface area (Å²) in [5, 5.41) is 26.1. The van der Waals surface area contributed by atoms with Crippen molar-refractivity contribution in [3.05, 3.63) is 107 Å². The first-order valence-corrected chi connectivity index (χ1v) is 14.2. The predicted molar refractivity (Wildman–Crippen MR) is 158 cm³/mol. The van der Waals surface area contributed by atoms with Gasteiger partial charge in [-0.05, 0) is 47.2 Å². The SMILES string of the molecule is O=C(Cn1nc(C(=O)O)cc1OCc1ccccc1-c1cccc(C(=O)O)c1)NC1CCCCC1OCc1ccccc1. The normalized spacial score (nSPS) is 16.4. The number of carbonyl (C=O) groups excluding carboxylic acids is 1. The largest absolute Gasteiger partial charge is 0.478 e. The van der Waals surface area contributed by atoms with Crippen LogP contribution >= 0.6 is 0 Å². The van der Waals surface area contributed by atoms with Gasteiger partial charge < -0.3 is 25.0 Å². The summed E-state index contributed by atoms with van der Waals surface area (Å²) in [6, 6.07) is 24.9. The van der Waals surface area contributed by atoms with Crippen molar-refractivity contribution >= 4 is 17.8 Å². The van der Waals surface area contributed by atoms with Gasteiger partial charge in [0.15, 0.2) is 5.69 Å². The van der Waals surface area contributed by atoms with Gasteiger partial charge in [-0.3, -0.25) is 4.79 Å². The van der Waals surface area contributed by atoms with Crippen molar-refractivity contribution in [1.29, 1.82) is 0 Å². The van der Waals surface area contributed by atoms with E-state index in [-0.39, 0.29) is 48.3 Å². The summed E-state index contributed by atoms with van der Waals surface area (Å²) in [5.41, 5.74) is 3.20.